The molecule has 1 fully saturated rings. The fourth-order valence-electron chi connectivity index (χ4n) is 3.50. The van der Waals surface area contributed by atoms with Crippen LogP contribution in [0.2, 0.25) is 0 Å². The lowest BCUT2D eigenvalue weighted by Gasteiger charge is -2.35. The maximum absolute atomic E-state index is 12.8. The van der Waals surface area contributed by atoms with Crippen molar-refractivity contribution in [1.29, 1.82) is 0 Å². The number of esters is 1. The van der Waals surface area contributed by atoms with Gasteiger partial charge in [-0.05, 0) is 69.0 Å². The van der Waals surface area contributed by atoms with Gasteiger partial charge in [0.15, 0.2) is 0 Å². The number of aromatic nitrogens is 1. The molecule has 1 aromatic carbocycles. The number of ether oxygens (including phenoxy) is 1. The number of nitrogens with zero attached hydrogens (tertiary/aromatic N) is 2. The van der Waals surface area contributed by atoms with Gasteiger partial charge < -0.3 is 15.0 Å². The van der Waals surface area contributed by atoms with Gasteiger partial charge in [0.2, 0.25) is 0 Å². The van der Waals surface area contributed by atoms with Crippen molar-refractivity contribution in [3.05, 3.63) is 53.7 Å². The van der Waals surface area contributed by atoms with E-state index in [1.165, 1.54) is 6.42 Å². The van der Waals surface area contributed by atoms with Crippen molar-refractivity contribution < 1.29 is 14.3 Å². The van der Waals surface area contributed by atoms with E-state index in [-0.39, 0.29) is 11.9 Å². The second-order valence-electron chi connectivity index (χ2n) is 6.91. The smallest absolute Gasteiger partial charge is 0.338 e. The highest BCUT2D eigenvalue weighted by atomic mass is 16.5. The van der Waals surface area contributed by atoms with Crippen molar-refractivity contribution in [2.24, 2.45) is 0 Å². The fourth-order valence-corrected chi connectivity index (χ4v) is 3.50. The van der Waals surface area contributed by atoms with Crippen molar-refractivity contribution in [2.45, 2.75) is 45.6 Å². The quantitative estimate of drug-likeness (QED) is 0.751. The van der Waals surface area contributed by atoms with Gasteiger partial charge in [0.25, 0.3) is 5.91 Å². The Morgan fingerprint density at radius 1 is 1.11 bits per heavy atom. The van der Waals surface area contributed by atoms with Crippen molar-refractivity contribution in [2.75, 3.05) is 18.5 Å². The predicted molar refractivity (Wildman–Crippen MR) is 109 cm³/mol. The van der Waals surface area contributed by atoms with Crippen molar-refractivity contribution in [3.8, 4) is 0 Å². The molecule has 1 saturated heterocycles. The Morgan fingerprint density at radius 3 is 2.50 bits per heavy atom. The predicted octanol–water partition coefficient (Wildman–Crippen LogP) is 4.41. The molecule has 1 unspecified atom stereocenters. The minimum absolute atomic E-state index is 0.0596. The Bertz CT molecular complexity index is 803. The molecule has 1 amide bonds. The number of anilines is 2. The third-order valence-electron chi connectivity index (χ3n) is 5.04. The Balaban J connectivity index is 1.64. The molecular weight excluding hydrogens is 354 g/mol. The van der Waals surface area contributed by atoms with Gasteiger partial charge in [-0.25, -0.2) is 9.78 Å². The minimum atomic E-state index is -0.335. The van der Waals surface area contributed by atoms with Crippen LogP contribution in [0.3, 0.4) is 0 Å². The molecule has 1 atom stereocenters. The molecule has 1 aliphatic heterocycles. The number of rotatable bonds is 6. The summed E-state index contributed by atoms with van der Waals surface area (Å²) in [6.45, 7) is 5.09. The van der Waals surface area contributed by atoms with Crippen LogP contribution >= 0.6 is 0 Å². The number of nitrogens with one attached hydrogen (secondary N) is 1. The molecule has 0 spiro atoms. The monoisotopic (exact) mass is 381 g/mol. The average Bonchev–Trinajstić information content (AvgIpc) is 2.74. The number of carbonyl (C=O) groups excluding carboxylic acids is 2. The first-order chi connectivity index (χ1) is 13.6. The molecule has 1 aromatic heterocycles. The van der Waals surface area contributed by atoms with Gasteiger partial charge in [0.05, 0.1) is 17.7 Å². The molecule has 1 aliphatic rings. The Hall–Kier alpha value is -2.89. The molecule has 148 valence electrons. The number of pyridine rings is 1. The Labute approximate surface area is 165 Å². The molecule has 3 rings (SSSR count). The number of likely N-dealkylation sites (tertiary alicyclic amines) is 1. The molecule has 6 heteroatoms. The van der Waals surface area contributed by atoms with Crippen LogP contribution in [0.4, 0.5) is 11.5 Å². The first-order valence-corrected chi connectivity index (χ1v) is 9.93. The van der Waals surface area contributed by atoms with Crippen LogP contribution in [0.5, 0.6) is 0 Å². The number of hydrogen-bond donors (Lipinski definition) is 1. The van der Waals surface area contributed by atoms with E-state index >= 15 is 0 Å². The third-order valence-corrected chi connectivity index (χ3v) is 5.04. The highest BCUT2D eigenvalue weighted by Crippen LogP contribution is 2.22. The van der Waals surface area contributed by atoms with Crippen LogP contribution in [0, 0.1) is 0 Å². The summed E-state index contributed by atoms with van der Waals surface area (Å²) in [6.07, 6.45) is 5.95. The maximum Gasteiger partial charge on any atom is 0.338 e. The highest BCUT2D eigenvalue weighted by molar-refractivity contribution is 5.94. The van der Waals surface area contributed by atoms with Crippen molar-refractivity contribution in [3.63, 3.8) is 0 Å². The van der Waals surface area contributed by atoms with E-state index < -0.39 is 0 Å². The molecular formula is C22H27N3O3. The lowest BCUT2D eigenvalue weighted by atomic mass is 9.99. The summed E-state index contributed by atoms with van der Waals surface area (Å²) < 4.78 is 4.98. The number of piperidine rings is 1. The largest absolute Gasteiger partial charge is 0.462 e. The SMILES string of the molecule is CCOC(=O)c1ccc(Nc2ccc(C(=O)N3CCCCC3CC)cn2)cc1. The van der Waals surface area contributed by atoms with E-state index in [0.717, 1.165) is 31.5 Å². The van der Waals surface area contributed by atoms with Crippen LogP contribution in [0.1, 0.15) is 60.2 Å². The molecule has 0 bridgehead atoms. The van der Waals surface area contributed by atoms with Gasteiger partial charge >= 0.3 is 5.97 Å². The van der Waals surface area contributed by atoms with Crippen LogP contribution in [-0.4, -0.2) is 41.0 Å². The molecule has 28 heavy (non-hydrogen) atoms. The van der Waals surface area contributed by atoms with Gasteiger partial charge in [-0.2, -0.15) is 0 Å². The molecule has 1 N–H and O–H groups in total. The Morgan fingerprint density at radius 2 is 1.86 bits per heavy atom. The van der Waals surface area contributed by atoms with E-state index in [9.17, 15) is 9.59 Å². The molecule has 0 radical (unpaired) electrons. The standard InChI is InChI=1S/C22H27N3O3/c1-3-19-7-5-6-14-25(19)21(26)17-10-13-20(23-15-17)24-18-11-8-16(9-12-18)22(27)28-4-2/h8-13,15,19H,3-7,14H2,1-2H3,(H,23,24). The summed E-state index contributed by atoms with van der Waals surface area (Å²) >= 11 is 0. The van der Waals surface area contributed by atoms with E-state index in [2.05, 4.69) is 17.2 Å². The number of hydrogen-bond acceptors (Lipinski definition) is 5. The summed E-state index contributed by atoms with van der Waals surface area (Å²) in [6, 6.07) is 11.0. The van der Waals surface area contributed by atoms with Gasteiger partial charge in [-0.15, -0.1) is 0 Å². The van der Waals surface area contributed by atoms with Crippen LogP contribution in [0.15, 0.2) is 42.6 Å². The minimum Gasteiger partial charge on any atom is -0.462 e. The molecule has 2 heterocycles. The summed E-state index contributed by atoms with van der Waals surface area (Å²) in [7, 11) is 0. The van der Waals surface area contributed by atoms with Crippen LogP contribution in [0.25, 0.3) is 0 Å². The van der Waals surface area contributed by atoms with Crippen molar-refractivity contribution in [1.82, 2.24) is 9.88 Å². The first kappa shape index (κ1) is 19.9. The summed E-state index contributed by atoms with van der Waals surface area (Å²) in [5, 5.41) is 3.18. The van der Waals surface area contributed by atoms with Gasteiger partial charge in [-0.1, -0.05) is 6.92 Å². The second-order valence-corrected chi connectivity index (χ2v) is 6.91. The van der Waals surface area contributed by atoms with E-state index in [4.69, 9.17) is 4.74 Å². The zero-order valence-corrected chi connectivity index (χ0v) is 16.5. The van der Waals surface area contributed by atoms with Gasteiger partial charge in [0, 0.05) is 24.5 Å². The van der Waals surface area contributed by atoms with E-state index in [1.807, 2.05) is 11.0 Å². The third kappa shape index (κ3) is 4.68. The summed E-state index contributed by atoms with van der Waals surface area (Å²) in [5.74, 6) is 0.369. The molecule has 2 aromatic rings. The van der Waals surface area contributed by atoms with Gasteiger partial charge in [0.1, 0.15) is 5.82 Å². The first-order valence-electron chi connectivity index (χ1n) is 9.93. The van der Waals surface area contributed by atoms with Crippen LogP contribution < -0.4 is 5.32 Å². The highest BCUT2D eigenvalue weighted by Gasteiger charge is 2.26. The van der Waals surface area contributed by atoms with Gasteiger partial charge in [-0.3, -0.25) is 4.79 Å². The van der Waals surface area contributed by atoms with E-state index in [0.29, 0.717) is 29.6 Å². The average molecular weight is 381 g/mol. The lowest BCUT2D eigenvalue weighted by Crippen LogP contribution is -2.43. The number of benzene rings is 1. The maximum atomic E-state index is 12.8. The molecule has 0 saturated carbocycles. The van der Waals surface area contributed by atoms with Crippen LogP contribution in [-0.2, 0) is 4.74 Å². The Kier molecular flexibility index (Phi) is 6.63. The summed E-state index contributed by atoms with van der Waals surface area (Å²) in [5.41, 5.74) is 1.93. The molecule has 6 nitrogen and oxygen atoms in total. The normalized spacial score (nSPS) is 16.5. The zero-order chi connectivity index (χ0) is 19.9. The number of carbonyl (C=O) groups is 2. The number of amides is 1. The summed E-state index contributed by atoms with van der Waals surface area (Å²) in [4.78, 5) is 30.9. The molecule has 0 aliphatic carbocycles. The fraction of sp³-hybridized carbons (Fsp3) is 0.409. The topological polar surface area (TPSA) is 71.5 Å². The second kappa shape index (κ2) is 9.35. The van der Waals surface area contributed by atoms with E-state index in [1.54, 1.807) is 43.5 Å². The lowest BCUT2D eigenvalue weighted by molar-refractivity contribution is 0.0525. The van der Waals surface area contributed by atoms with Crippen molar-refractivity contribution >= 4 is 23.4 Å². The zero-order valence-electron chi connectivity index (χ0n) is 16.5.